The summed E-state index contributed by atoms with van der Waals surface area (Å²) in [6.45, 7) is -0.0564. The molecule has 138 valence electrons. The molecule has 11 heteroatoms. The Morgan fingerprint density at radius 1 is 1.37 bits per heavy atom. The molecule has 0 aliphatic heterocycles. The fourth-order valence-corrected chi connectivity index (χ4v) is 2.88. The molecule has 0 saturated carbocycles. The van der Waals surface area contributed by atoms with Gasteiger partial charge in [-0.05, 0) is 0 Å². The van der Waals surface area contributed by atoms with Crippen LogP contribution < -0.4 is 15.7 Å². The molecule has 0 fully saturated rings. The number of amides is 1. The molecule has 1 aromatic carbocycles. The molecule has 0 bridgehead atoms. The van der Waals surface area contributed by atoms with E-state index >= 15 is 0 Å². The number of methoxy groups -OCH3 is 1. The topological polar surface area (TPSA) is 117 Å². The fraction of sp³-hybridized carbons (Fsp3) is 0.188. The first kappa shape index (κ1) is 17.0. The predicted octanol–water partition coefficient (Wildman–Crippen LogP) is 1.57. The number of nitrogens with zero attached hydrogens (tertiary/aromatic N) is 5. The van der Waals surface area contributed by atoms with Crippen molar-refractivity contribution in [1.29, 1.82) is 0 Å². The van der Waals surface area contributed by atoms with Gasteiger partial charge in [0.25, 0.3) is 0 Å². The number of halogens is 1. The van der Waals surface area contributed by atoms with Crippen molar-refractivity contribution in [3.63, 3.8) is 0 Å². The monoisotopic (exact) mass is 388 g/mol. The van der Waals surface area contributed by atoms with Gasteiger partial charge in [0.2, 0.25) is 5.91 Å². The van der Waals surface area contributed by atoms with E-state index in [1.807, 2.05) is 0 Å². The van der Waals surface area contributed by atoms with E-state index in [0.29, 0.717) is 33.0 Å². The standard InChI is InChI=1S/C16H13ClN6O4/c1-22-14-10(5-18-16(22)25)23(7-19-14)6-13(24)21-15-20-9-4-11(26-2)8(17)3-12(9)27-15/h3-5,7H,6H2,1-2H3,(H,20,21,24). The molecule has 0 atom stereocenters. The fourth-order valence-electron chi connectivity index (χ4n) is 2.64. The van der Waals surface area contributed by atoms with E-state index in [1.54, 1.807) is 23.7 Å². The van der Waals surface area contributed by atoms with Gasteiger partial charge < -0.3 is 13.7 Å². The maximum atomic E-state index is 12.3. The van der Waals surface area contributed by atoms with Crippen LogP contribution in [0.15, 0.2) is 33.9 Å². The first-order valence-corrected chi connectivity index (χ1v) is 8.15. The number of oxazole rings is 1. The number of rotatable bonds is 4. The maximum absolute atomic E-state index is 12.3. The highest BCUT2D eigenvalue weighted by molar-refractivity contribution is 6.32. The van der Waals surface area contributed by atoms with Gasteiger partial charge >= 0.3 is 11.7 Å². The summed E-state index contributed by atoms with van der Waals surface area (Å²) >= 11 is 6.05. The molecule has 4 aromatic rings. The van der Waals surface area contributed by atoms with Crippen LogP contribution in [0.4, 0.5) is 6.01 Å². The van der Waals surface area contributed by atoms with E-state index < -0.39 is 5.69 Å². The largest absolute Gasteiger partial charge is 0.495 e. The van der Waals surface area contributed by atoms with Crippen LogP contribution >= 0.6 is 11.6 Å². The Morgan fingerprint density at radius 3 is 2.96 bits per heavy atom. The number of aryl methyl sites for hydroxylation is 1. The Balaban J connectivity index is 1.57. The van der Waals surface area contributed by atoms with Crippen LogP contribution in [0.3, 0.4) is 0 Å². The van der Waals surface area contributed by atoms with E-state index in [-0.39, 0.29) is 18.5 Å². The van der Waals surface area contributed by atoms with Crippen molar-refractivity contribution in [1.82, 2.24) is 24.1 Å². The van der Waals surface area contributed by atoms with Crippen LogP contribution in [0.1, 0.15) is 0 Å². The minimum absolute atomic E-state index is 0.0364. The molecule has 1 N–H and O–H groups in total. The summed E-state index contributed by atoms with van der Waals surface area (Å²) in [4.78, 5) is 36.0. The normalized spacial score (nSPS) is 11.2. The number of anilines is 1. The number of carbonyl (C=O) groups excluding carboxylic acids is 1. The molecular formula is C16H13ClN6O4. The average Bonchev–Trinajstić information content (AvgIpc) is 3.20. The lowest BCUT2D eigenvalue weighted by molar-refractivity contribution is -0.116. The van der Waals surface area contributed by atoms with Crippen molar-refractivity contribution in [2.75, 3.05) is 12.4 Å². The number of imidazole rings is 1. The lowest BCUT2D eigenvalue weighted by Crippen LogP contribution is -2.21. The molecule has 3 aromatic heterocycles. The summed E-state index contributed by atoms with van der Waals surface area (Å²) in [5.41, 5.74) is 1.49. The summed E-state index contributed by atoms with van der Waals surface area (Å²) in [6.07, 6.45) is 2.84. The van der Waals surface area contributed by atoms with Crippen molar-refractivity contribution in [2.24, 2.45) is 7.05 Å². The van der Waals surface area contributed by atoms with Gasteiger partial charge in [0, 0.05) is 19.2 Å². The number of benzene rings is 1. The highest BCUT2D eigenvalue weighted by atomic mass is 35.5. The minimum atomic E-state index is -0.419. The number of aromatic nitrogens is 5. The third-order valence-electron chi connectivity index (χ3n) is 3.98. The molecule has 4 rings (SSSR count). The highest BCUT2D eigenvalue weighted by Crippen LogP contribution is 2.31. The van der Waals surface area contributed by atoms with E-state index in [4.69, 9.17) is 20.8 Å². The quantitative estimate of drug-likeness (QED) is 0.563. The first-order valence-electron chi connectivity index (χ1n) is 7.77. The van der Waals surface area contributed by atoms with Crippen molar-refractivity contribution in [2.45, 2.75) is 6.54 Å². The van der Waals surface area contributed by atoms with Gasteiger partial charge in [0.05, 0.1) is 24.7 Å². The van der Waals surface area contributed by atoms with Crippen LogP contribution in [-0.4, -0.2) is 37.1 Å². The van der Waals surface area contributed by atoms with Gasteiger partial charge in [0.1, 0.15) is 23.3 Å². The summed E-state index contributed by atoms with van der Waals surface area (Å²) in [5, 5.41) is 2.96. The van der Waals surface area contributed by atoms with E-state index in [9.17, 15) is 9.59 Å². The van der Waals surface area contributed by atoms with Crippen LogP contribution in [0, 0.1) is 0 Å². The molecule has 1 amide bonds. The molecule has 10 nitrogen and oxygen atoms in total. The highest BCUT2D eigenvalue weighted by Gasteiger charge is 2.15. The van der Waals surface area contributed by atoms with E-state index in [1.165, 1.54) is 24.2 Å². The molecule has 27 heavy (non-hydrogen) atoms. The van der Waals surface area contributed by atoms with Crippen LogP contribution in [0.5, 0.6) is 5.75 Å². The van der Waals surface area contributed by atoms with Crippen LogP contribution in [0.2, 0.25) is 5.02 Å². The predicted molar refractivity (Wildman–Crippen MR) is 97.0 cm³/mol. The maximum Gasteiger partial charge on any atom is 0.349 e. The van der Waals surface area contributed by atoms with Gasteiger partial charge in [-0.2, -0.15) is 9.97 Å². The van der Waals surface area contributed by atoms with Gasteiger partial charge in [-0.25, -0.2) is 9.78 Å². The number of nitrogens with one attached hydrogen (secondary N) is 1. The van der Waals surface area contributed by atoms with E-state index in [0.717, 1.165) is 0 Å². The summed E-state index contributed by atoms with van der Waals surface area (Å²) in [6, 6.07) is 3.22. The van der Waals surface area contributed by atoms with Gasteiger partial charge in [-0.15, -0.1) is 0 Å². The molecule has 0 spiro atoms. The van der Waals surface area contributed by atoms with Crippen molar-refractivity contribution in [3.05, 3.63) is 40.2 Å². The number of fused-ring (bicyclic) bond motifs is 2. The third-order valence-corrected chi connectivity index (χ3v) is 4.28. The Morgan fingerprint density at radius 2 is 2.19 bits per heavy atom. The first-order chi connectivity index (χ1) is 13.0. The SMILES string of the molecule is COc1cc2nc(NC(=O)Cn3cnc4c3cnc(=O)n4C)oc2cc1Cl. The van der Waals surface area contributed by atoms with Crippen molar-refractivity contribution in [3.8, 4) is 5.75 Å². The lowest BCUT2D eigenvalue weighted by Gasteiger charge is -2.04. The number of hydrogen-bond donors (Lipinski definition) is 1. The molecular weight excluding hydrogens is 376 g/mol. The molecule has 0 aliphatic rings. The zero-order chi connectivity index (χ0) is 19.1. The smallest absolute Gasteiger partial charge is 0.349 e. The van der Waals surface area contributed by atoms with Crippen molar-refractivity contribution >= 4 is 45.8 Å². The molecule has 0 aliphatic carbocycles. The van der Waals surface area contributed by atoms with Crippen LogP contribution in [0.25, 0.3) is 22.3 Å². The van der Waals surface area contributed by atoms with Crippen LogP contribution in [-0.2, 0) is 18.4 Å². The van der Waals surface area contributed by atoms with Gasteiger partial charge in [-0.1, -0.05) is 11.6 Å². The summed E-state index contributed by atoms with van der Waals surface area (Å²) in [5.74, 6) is 0.0751. The summed E-state index contributed by atoms with van der Waals surface area (Å²) in [7, 11) is 3.06. The summed E-state index contributed by atoms with van der Waals surface area (Å²) < 4.78 is 13.5. The van der Waals surface area contributed by atoms with Gasteiger partial charge in [0.15, 0.2) is 11.2 Å². The number of ether oxygens (including phenoxy) is 1. The molecule has 0 unspecified atom stereocenters. The average molecular weight is 389 g/mol. The third kappa shape index (κ3) is 2.99. The number of carbonyl (C=O) groups is 1. The Bertz CT molecular complexity index is 1240. The lowest BCUT2D eigenvalue weighted by atomic mass is 10.3. The second kappa shape index (κ2) is 6.40. The molecule has 0 saturated heterocycles. The van der Waals surface area contributed by atoms with Crippen molar-refractivity contribution < 1.29 is 13.9 Å². The van der Waals surface area contributed by atoms with Gasteiger partial charge in [-0.3, -0.25) is 14.7 Å². The molecule has 3 heterocycles. The minimum Gasteiger partial charge on any atom is -0.495 e. The van der Waals surface area contributed by atoms with E-state index in [2.05, 4.69) is 20.3 Å². The second-order valence-electron chi connectivity index (χ2n) is 5.70. The zero-order valence-electron chi connectivity index (χ0n) is 14.3. The number of hydrogen-bond acceptors (Lipinski definition) is 7. The Labute approximate surface area is 156 Å². The Kier molecular flexibility index (Phi) is 4.04. The zero-order valence-corrected chi connectivity index (χ0v) is 15.0. The Hall–Kier alpha value is -3.40. The second-order valence-corrected chi connectivity index (χ2v) is 6.11. The molecule has 0 radical (unpaired) electrons.